The van der Waals surface area contributed by atoms with E-state index in [2.05, 4.69) is 25.5 Å². The number of halogens is 1. The van der Waals surface area contributed by atoms with Crippen LogP contribution in [0.5, 0.6) is 0 Å². The Morgan fingerprint density at radius 1 is 1.28 bits per heavy atom. The van der Waals surface area contributed by atoms with E-state index in [4.69, 9.17) is 10.5 Å². The summed E-state index contributed by atoms with van der Waals surface area (Å²) >= 11 is 0. The third-order valence-corrected chi connectivity index (χ3v) is 4.55. The largest absolute Gasteiger partial charge is 0.394 e. The van der Waals surface area contributed by atoms with Crippen molar-refractivity contribution in [2.45, 2.75) is 24.5 Å². The number of nitrogen functional groups attached to an aromatic ring is 1. The average Bonchev–Trinajstić information content (AvgIpc) is 3.22. The molecular formula is C17H18FN7O4. The summed E-state index contributed by atoms with van der Waals surface area (Å²) < 4.78 is 20.7. The molecule has 0 bridgehead atoms. The Kier molecular flexibility index (Phi) is 5.07. The molecule has 0 aliphatic carbocycles. The Labute approximate surface area is 163 Å². The molecular weight excluding hydrogens is 385 g/mol. The molecule has 12 heteroatoms. The lowest BCUT2D eigenvalue weighted by Crippen LogP contribution is -2.33. The molecule has 6 N–H and O–H groups in total. The van der Waals surface area contributed by atoms with E-state index in [-0.39, 0.29) is 28.5 Å². The fraction of sp³-hybridized carbons (Fsp3) is 0.294. The predicted molar refractivity (Wildman–Crippen MR) is 100 cm³/mol. The first-order valence-electron chi connectivity index (χ1n) is 8.65. The van der Waals surface area contributed by atoms with Crippen molar-refractivity contribution in [1.82, 2.24) is 19.5 Å². The number of aromatic nitrogens is 4. The summed E-state index contributed by atoms with van der Waals surface area (Å²) in [6.45, 7) is -0.493. The number of aliphatic hydroxyl groups excluding tert-OH is 3. The highest BCUT2D eigenvalue weighted by Crippen LogP contribution is 2.35. The number of nitrogens with one attached hydrogen (secondary N) is 1. The second-order valence-electron chi connectivity index (χ2n) is 6.36. The number of nitrogens with zero attached hydrogens (tertiary/aromatic N) is 5. The summed E-state index contributed by atoms with van der Waals surface area (Å²) in [5.74, 6) is -0.304. The molecule has 29 heavy (non-hydrogen) atoms. The highest BCUT2D eigenvalue weighted by atomic mass is 19.1. The van der Waals surface area contributed by atoms with Crippen LogP contribution in [-0.2, 0) is 4.74 Å². The van der Waals surface area contributed by atoms with Crippen molar-refractivity contribution in [3.05, 3.63) is 42.0 Å². The van der Waals surface area contributed by atoms with Crippen LogP contribution in [0.2, 0.25) is 0 Å². The normalized spacial score (nSPS) is 24.6. The molecule has 0 spiro atoms. The van der Waals surface area contributed by atoms with Crippen molar-refractivity contribution in [2.24, 2.45) is 5.10 Å². The lowest BCUT2D eigenvalue weighted by molar-refractivity contribution is -0.0501. The lowest BCUT2D eigenvalue weighted by atomic mass is 10.1. The van der Waals surface area contributed by atoms with Gasteiger partial charge in [-0.15, -0.1) is 0 Å². The summed E-state index contributed by atoms with van der Waals surface area (Å²) in [6, 6.07) is 6.06. The Morgan fingerprint density at radius 3 is 2.79 bits per heavy atom. The number of fused-ring (bicyclic) bond motifs is 1. The zero-order valence-corrected chi connectivity index (χ0v) is 14.9. The summed E-state index contributed by atoms with van der Waals surface area (Å²) in [5.41, 5.74) is 9.18. The second-order valence-corrected chi connectivity index (χ2v) is 6.36. The summed E-state index contributed by atoms with van der Waals surface area (Å²) in [7, 11) is 0. The number of hydrogen-bond acceptors (Lipinski definition) is 10. The maximum atomic E-state index is 13.8. The van der Waals surface area contributed by atoms with Gasteiger partial charge in [0, 0.05) is 5.56 Å². The molecule has 2 aromatic heterocycles. The van der Waals surface area contributed by atoms with Crippen molar-refractivity contribution in [3.8, 4) is 0 Å². The minimum Gasteiger partial charge on any atom is -0.394 e. The molecule has 1 aliphatic rings. The zero-order valence-electron chi connectivity index (χ0n) is 14.9. The average molecular weight is 403 g/mol. The smallest absolute Gasteiger partial charge is 0.228 e. The number of anilines is 2. The molecule has 0 amide bonds. The second kappa shape index (κ2) is 7.67. The Morgan fingerprint density at radius 2 is 2.07 bits per heavy atom. The number of aliphatic hydroxyl groups is 3. The van der Waals surface area contributed by atoms with Crippen LogP contribution in [0.15, 0.2) is 35.7 Å². The fourth-order valence-corrected chi connectivity index (χ4v) is 3.08. The maximum absolute atomic E-state index is 13.8. The standard InChI is InChI=1S/C17H18FN7O4/c18-9-4-2-1-3-8(9)5-22-24-17-23-11-14(19)20-7-21-15(11)25(17)16-13(28)12(27)10(6-26)29-16/h1-5,7,10,12-13,16,26-28H,6H2,(H,23,24)(H2,19,20,21)/b22-5+. The summed E-state index contributed by atoms with van der Waals surface area (Å²) in [6.07, 6.45) is -2.36. The van der Waals surface area contributed by atoms with E-state index < -0.39 is 37.0 Å². The lowest BCUT2D eigenvalue weighted by Gasteiger charge is -2.18. The monoisotopic (exact) mass is 403 g/mol. The van der Waals surface area contributed by atoms with Crippen molar-refractivity contribution in [3.63, 3.8) is 0 Å². The van der Waals surface area contributed by atoms with Crippen molar-refractivity contribution < 1.29 is 24.4 Å². The van der Waals surface area contributed by atoms with Crippen LogP contribution < -0.4 is 11.2 Å². The topological polar surface area (TPSA) is 164 Å². The van der Waals surface area contributed by atoms with Crippen LogP contribution in [0.25, 0.3) is 11.2 Å². The highest BCUT2D eigenvalue weighted by molar-refractivity contribution is 5.84. The Hall–Kier alpha value is -3.19. The number of benzene rings is 1. The molecule has 1 aromatic carbocycles. The first kappa shape index (κ1) is 19.1. The van der Waals surface area contributed by atoms with Gasteiger partial charge in [-0.05, 0) is 6.07 Å². The summed E-state index contributed by atoms with van der Waals surface area (Å²) in [4.78, 5) is 12.3. The van der Waals surface area contributed by atoms with Gasteiger partial charge in [0.25, 0.3) is 0 Å². The van der Waals surface area contributed by atoms with E-state index in [1.807, 2.05) is 0 Å². The maximum Gasteiger partial charge on any atom is 0.228 e. The number of hydrazone groups is 1. The van der Waals surface area contributed by atoms with Gasteiger partial charge in [0.05, 0.1) is 12.8 Å². The van der Waals surface area contributed by atoms with Gasteiger partial charge in [-0.1, -0.05) is 18.2 Å². The van der Waals surface area contributed by atoms with Gasteiger partial charge in [-0.25, -0.2) is 24.8 Å². The van der Waals surface area contributed by atoms with E-state index in [1.165, 1.54) is 23.2 Å². The third-order valence-electron chi connectivity index (χ3n) is 4.55. The molecule has 3 aromatic rings. The quantitative estimate of drug-likeness (QED) is 0.282. The van der Waals surface area contributed by atoms with Gasteiger partial charge in [-0.2, -0.15) is 5.10 Å². The van der Waals surface area contributed by atoms with E-state index >= 15 is 0 Å². The van der Waals surface area contributed by atoms with E-state index in [0.717, 1.165) is 0 Å². The van der Waals surface area contributed by atoms with E-state index in [0.29, 0.717) is 0 Å². The van der Waals surface area contributed by atoms with E-state index in [9.17, 15) is 19.7 Å². The van der Waals surface area contributed by atoms with Gasteiger partial charge in [-0.3, -0.25) is 4.57 Å². The molecule has 1 fully saturated rings. The minimum atomic E-state index is -1.38. The van der Waals surface area contributed by atoms with Gasteiger partial charge in [0.15, 0.2) is 23.2 Å². The molecule has 0 saturated carbocycles. The number of imidazole rings is 1. The Bertz CT molecular complexity index is 1060. The molecule has 1 aliphatic heterocycles. The SMILES string of the molecule is Nc1ncnc2c1nc(N/N=C/c1ccccc1F)n2C1OC(CO)C(O)C1O. The molecule has 152 valence electrons. The number of ether oxygens (including phenoxy) is 1. The molecule has 3 heterocycles. The first-order chi connectivity index (χ1) is 14.0. The van der Waals surface area contributed by atoms with Crippen molar-refractivity contribution in [1.29, 1.82) is 0 Å². The predicted octanol–water partition coefficient (Wildman–Crippen LogP) is -0.395. The van der Waals surface area contributed by atoms with Crippen LogP contribution in [-0.4, -0.2) is 66.0 Å². The van der Waals surface area contributed by atoms with Crippen LogP contribution in [0.3, 0.4) is 0 Å². The highest BCUT2D eigenvalue weighted by Gasteiger charge is 2.45. The van der Waals surface area contributed by atoms with Crippen molar-refractivity contribution in [2.75, 3.05) is 17.8 Å². The van der Waals surface area contributed by atoms with Crippen LogP contribution >= 0.6 is 0 Å². The molecule has 1 saturated heterocycles. The molecule has 0 radical (unpaired) electrons. The van der Waals surface area contributed by atoms with Gasteiger partial charge in [0.2, 0.25) is 5.95 Å². The van der Waals surface area contributed by atoms with Gasteiger partial charge in [0.1, 0.15) is 30.5 Å². The van der Waals surface area contributed by atoms with Crippen LogP contribution in [0.1, 0.15) is 11.8 Å². The van der Waals surface area contributed by atoms with Crippen molar-refractivity contribution >= 4 is 29.1 Å². The van der Waals surface area contributed by atoms with Crippen LogP contribution in [0.4, 0.5) is 16.2 Å². The molecule has 4 rings (SSSR count). The fourth-order valence-electron chi connectivity index (χ4n) is 3.08. The van der Waals surface area contributed by atoms with Gasteiger partial charge >= 0.3 is 0 Å². The van der Waals surface area contributed by atoms with Crippen LogP contribution in [0, 0.1) is 5.82 Å². The molecule has 4 unspecified atom stereocenters. The van der Waals surface area contributed by atoms with E-state index in [1.54, 1.807) is 18.2 Å². The minimum absolute atomic E-state index is 0.0645. The number of nitrogens with two attached hydrogens (primary N) is 1. The molecule has 11 nitrogen and oxygen atoms in total. The first-order valence-corrected chi connectivity index (χ1v) is 8.65. The Balaban J connectivity index is 1.73. The number of rotatable bonds is 5. The third kappa shape index (κ3) is 3.38. The summed E-state index contributed by atoms with van der Waals surface area (Å²) in [5, 5.41) is 33.8. The van der Waals surface area contributed by atoms with Gasteiger partial charge < -0.3 is 25.8 Å². The zero-order chi connectivity index (χ0) is 20.5. The molecule has 4 atom stereocenters. The number of hydrogen-bond donors (Lipinski definition) is 5.